The summed E-state index contributed by atoms with van der Waals surface area (Å²) < 4.78 is 0. The molecule has 0 N–H and O–H groups in total. The first-order chi connectivity index (χ1) is 9.08. The standard InChI is InChI=1S/C17H25NS/c1-5-6-9-13(2)19-12-17(4)14(3)18-16-11-8-7-10-15(16)17/h7-8,10-11,13H,5-6,9,12H2,1-4H3. The smallest absolute Gasteiger partial charge is 0.0671 e. The summed E-state index contributed by atoms with van der Waals surface area (Å²) in [7, 11) is 0. The molecule has 1 aliphatic heterocycles. The Bertz CT molecular complexity index is 466. The summed E-state index contributed by atoms with van der Waals surface area (Å²) in [6.45, 7) is 9.15. The highest BCUT2D eigenvalue weighted by Gasteiger charge is 2.36. The summed E-state index contributed by atoms with van der Waals surface area (Å²) in [4.78, 5) is 4.75. The summed E-state index contributed by atoms with van der Waals surface area (Å²) in [6.07, 6.45) is 3.97. The molecular formula is C17H25NS. The molecule has 0 radical (unpaired) electrons. The van der Waals surface area contributed by atoms with Crippen molar-refractivity contribution in [2.24, 2.45) is 4.99 Å². The third-order valence-corrected chi connectivity index (χ3v) is 5.75. The average molecular weight is 275 g/mol. The van der Waals surface area contributed by atoms with Crippen LogP contribution >= 0.6 is 11.8 Å². The third kappa shape index (κ3) is 3.05. The first-order valence-electron chi connectivity index (χ1n) is 7.35. The molecule has 1 aromatic rings. The van der Waals surface area contributed by atoms with E-state index in [1.165, 1.54) is 36.2 Å². The second-order valence-corrected chi connectivity index (χ2v) is 7.24. The van der Waals surface area contributed by atoms with Crippen molar-refractivity contribution in [2.45, 2.75) is 57.6 Å². The van der Waals surface area contributed by atoms with Crippen molar-refractivity contribution in [3.63, 3.8) is 0 Å². The maximum atomic E-state index is 4.75. The molecule has 1 aromatic carbocycles. The fourth-order valence-electron chi connectivity index (χ4n) is 2.60. The quantitative estimate of drug-likeness (QED) is 0.680. The Balaban J connectivity index is 2.05. The molecule has 2 heteroatoms. The molecule has 19 heavy (non-hydrogen) atoms. The van der Waals surface area contributed by atoms with Crippen LogP contribution in [0.4, 0.5) is 5.69 Å². The van der Waals surface area contributed by atoms with E-state index in [0.29, 0.717) is 0 Å². The highest BCUT2D eigenvalue weighted by molar-refractivity contribution is 7.99. The fourth-order valence-corrected chi connectivity index (χ4v) is 3.92. The molecule has 0 fully saturated rings. The molecule has 0 aromatic heterocycles. The highest BCUT2D eigenvalue weighted by atomic mass is 32.2. The zero-order chi connectivity index (χ0) is 13.9. The maximum absolute atomic E-state index is 4.75. The van der Waals surface area contributed by atoms with Gasteiger partial charge in [-0.2, -0.15) is 11.8 Å². The lowest BCUT2D eigenvalue weighted by Crippen LogP contribution is -2.31. The van der Waals surface area contributed by atoms with Gasteiger partial charge >= 0.3 is 0 Å². The van der Waals surface area contributed by atoms with Crippen LogP contribution in [0.5, 0.6) is 0 Å². The van der Waals surface area contributed by atoms with E-state index >= 15 is 0 Å². The van der Waals surface area contributed by atoms with Crippen LogP contribution in [0.1, 0.15) is 52.5 Å². The zero-order valence-corrected chi connectivity index (χ0v) is 13.4. The maximum Gasteiger partial charge on any atom is 0.0671 e. The van der Waals surface area contributed by atoms with E-state index in [2.05, 4.69) is 63.7 Å². The van der Waals surface area contributed by atoms with E-state index in [1.807, 2.05) is 0 Å². The lowest BCUT2D eigenvalue weighted by atomic mass is 9.82. The number of unbranched alkanes of at least 4 members (excludes halogenated alkanes) is 1. The number of hydrogen-bond acceptors (Lipinski definition) is 2. The fraction of sp³-hybridized carbons (Fsp3) is 0.588. The zero-order valence-electron chi connectivity index (χ0n) is 12.6. The van der Waals surface area contributed by atoms with Crippen molar-refractivity contribution in [1.29, 1.82) is 0 Å². The SMILES string of the molecule is CCCCC(C)SCC1(C)C(C)=Nc2ccccc21. The van der Waals surface area contributed by atoms with Crippen LogP contribution in [0.25, 0.3) is 0 Å². The van der Waals surface area contributed by atoms with E-state index in [-0.39, 0.29) is 5.41 Å². The molecule has 0 saturated heterocycles. The first-order valence-corrected chi connectivity index (χ1v) is 8.39. The molecule has 2 atom stereocenters. The molecule has 104 valence electrons. The van der Waals surface area contributed by atoms with Gasteiger partial charge in [-0.1, -0.05) is 44.9 Å². The van der Waals surface area contributed by atoms with Gasteiger partial charge < -0.3 is 0 Å². The molecule has 1 heterocycles. The summed E-state index contributed by atoms with van der Waals surface area (Å²) in [5, 5.41) is 0.748. The van der Waals surface area contributed by atoms with E-state index in [0.717, 1.165) is 11.0 Å². The van der Waals surface area contributed by atoms with Gasteiger partial charge in [-0.05, 0) is 31.9 Å². The largest absolute Gasteiger partial charge is 0.257 e. The van der Waals surface area contributed by atoms with Gasteiger partial charge in [0.05, 0.1) is 5.69 Å². The molecule has 0 bridgehead atoms. The van der Waals surface area contributed by atoms with Gasteiger partial charge in [-0.3, -0.25) is 4.99 Å². The van der Waals surface area contributed by atoms with Gasteiger partial charge in [-0.25, -0.2) is 0 Å². The molecule has 2 rings (SSSR count). The van der Waals surface area contributed by atoms with Gasteiger partial charge in [0.25, 0.3) is 0 Å². The molecule has 0 amide bonds. The van der Waals surface area contributed by atoms with Crippen LogP contribution in [0.3, 0.4) is 0 Å². The van der Waals surface area contributed by atoms with Gasteiger partial charge in [0.2, 0.25) is 0 Å². The topological polar surface area (TPSA) is 12.4 Å². The van der Waals surface area contributed by atoms with Gasteiger partial charge in [-0.15, -0.1) is 0 Å². The number of thioether (sulfide) groups is 1. The molecular weight excluding hydrogens is 250 g/mol. The summed E-state index contributed by atoms with van der Waals surface area (Å²) in [6, 6.07) is 8.59. The molecule has 0 spiro atoms. The van der Waals surface area contributed by atoms with Crippen LogP contribution < -0.4 is 0 Å². The van der Waals surface area contributed by atoms with Gasteiger partial charge in [0, 0.05) is 22.1 Å². The van der Waals surface area contributed by atoms with Gasteiger partial charge in [0.1, 0.15) is 0 Å². The van der Waals surface area contributed by atoms with Crippen molar-refractivity contribution >= 4 is 23.2 Å². The second kappa shape index (κ2) is 6.13. The van der Waals surface area contributed by atoms with Crippen molar-refractivity contribution in [2.75, 3.05) is 5.75 Å². The molecule has 2 unspecified atom stereocenters. The van der Waals surface area contributed by atoms with Crippen LogP contribution in [-0.2, 0) is 5.41 Å². The van der Waals surface area contributed by atoms with Crippen molar-refractivity contribution in [1.82, 2.24) is 0 Å². The van der Waals surface area contributed by atoms with Crippen LogP contribution in [0, 0.1) is 0 Å². The second-order valence-electron chi connectivity index (χ2n) is 5.81. The predicted octanol–water partition coefficient (Wildman–Crippen LogP) is 5.36. The number of para-hydroxylation sites is 1. The van der Waals surface area contributed by atoms with Crippen molar-refractivity contribution in [3.05, 3.63) is 29.8 Å². The van der Waals surface area contributed by atoms with Crippen LogP contribution in [-0.4, -0.2) is 16.7 Å². The summed E-state index contributed by atoms with van der Waals surface area (Å²) >= 11 is 2.10. The number of nitrogens with zero attached hydrogens (tertiary/aromatic N) is 1. The first kappa shape index (κ1) is 14.6. The Kier molecular flexibility index (Phi) is 4.72. The Labute approximate surface area is 121 Å². The van der Waals surface area contributed by atoms with E-state index in [9.17, 15) is 0 Å². The minimum absolute atomic E-state index is 0.127. The molecule has 0 aliphatic carbocycles. The van der Waals surface area contributed by atoms with Gasteiger partial charge in [0.15, 0.2) is 0 Å². The molecule has 1 nitrogen and oxygen atoms in total. The lowest BCUT2D eigenvalue weighted by molar-refractivity contribution is 0.703. The third-order valence-electron chi connectivity index (χ3n) is 4.21. The Morgan fingerprint density at radius 3 is 2.79 bits per heavy atom. The Morgan fingerprint density at radius 1 is 1.32 bits per heavy atom. The highest BCUT2D eigenvalue weighted by Crippen LogP contribution is 2.42. The van der Waals surface area contributed by atoms with E-state index in [4.69, 9.17) is 4.99 Å². The van der Waals surface area contributed by atoms with Crippen molar-refractivity contribution in [3.8, 4) is 0 Å². The number of fused-ring (bicyclic) bond motifs is 1. The van der Waals surface area contributed by atoms with E-state index < -0.39 is 0 Å². The Morgan fingerprint density at radius 2 is 2.05 bits per heavy atom. The van der Waals surface area contributed by atoms with E-state index in [1.54, 1.807) is 0 Å². The summed E-state index contributed by atoms with van der Waals surface area (Å²) in [5.74, 6) is 1.14. The number of benzene rings is 1. The number of aliphatic imine (C=N–C) groups is 1. The Hall–Kier alpha value is -0.760. The number of hydrogen-bond donors (Lipinski definition) is 0. The lowest BCUT2D eigenvalue weighted by Gasteiger charge is -2.27. The minimum Gasteiger partial charge on any atom is -0.257 e. The van der Waals surface area contributed by atoms with Crippen LogP contribution in [0.15, 0.2) is 29.3 Å². The average Bonchev–Trinajstić information content (AvgIpc) is 2.67. The summed E-state index contributed by atoms with van der Waals surface area (Å²) in [5.41, 5.74) is 3.97. The molecule has 1 aliphatic rings. The monoisotopic (exact) mass is 275 g/mol. The normalized spacial score (nSPS) is 23.1. The van der Waals surface area contributed by atoms with Crippen molar-refractivity contribution < 1.29 is 0 Å². The number of rotatable bonds is 6. The predicted molar refractivity (Wildman–Crippen MR) is 88.0 cm³/mol. The minimum atomic E-state index is 0.127. The van der Waals surface area contributed by atoms with Crippen LogP contribution in [0.2, 0.25) is 0 Å². The molecule has 0 saturated carbocycles.